The lowest BCUT2D eigenvalue weighted by Crippen LogP contribution is -2.19. The van der Waals surface area contributed by atoms with E-state index >= 15 is 0 Å². The van der Waals surface area contributed by atoms with Crippen LogP contribution in [0.5, 0.6) is 0 Å². The fraction of sp³-hybridized carbons (Fsp3) is 0.250. The highest BCUT2D eigenvalue weighted by atomic mass is 16.2. The van der Waals surface area contributed by atoms with Crippen molar-refractivity contribution in [1.82, 2.24) is 19.2 Å². The van der Waals surface area contributed by atoms with Crippen LogP contribution in [0.15, 0.2) is 35.4 Å². The van der Waals surface area contributed by atoms with Gasteiger partial charge in [-0.15, -0.1) is 0 Å². The molecular weight excluding hydrogens is 294 g/mol. The summed E-state index contributed by atoms with van der Waals surface area (Å²) in [5.41, 5.74) is 3.10. The molecule has 0 saturated heterocycles. The first-order valence-corrected chi connectivity index (χ1v) is 7.33. The second-order valence-electron chi connectivity index (χ2n) is 5.33. The van der Waals surface area contributed by atoms with Crippen LogP contribution < -0.4 is 10.9 Å². The number of carbonyl (C=O) groups is 1. The summed E-state index contributed by atoms with van der Waals surface area (Å²) in [7, 11) is 0. The summed E-state index contributed by atoms with van der Waals surface area (Å²) in [6.45, 7) is 6.19. The summed E-state index contributed by atoms with van der Waals surface area (Å²) >= 11 is 0. The van der Waals surface area contributed by atoms with E-state index in [2.05, 4.69) is 15.4 Å². The number of hydrogen-bond acceptors (Lipinski definition) is 4. The Kier molecular flexibility index (Phi) is 3.69. The van der Waals surface area contributed by atoms with E-state index < -0.39 is 0 Å². The Morgan fingerprint density at radius 1 is 1.30 bits per heavy atom. The number of aromatic nitrogens is 4. The van der Waals surface area contributed by atoms with Gasteiger partial charge in [0.2, 0.25) is 0 Å². The van der Waals surface area contributed by atoms with Crippen LogP contribution >= 0.6 is 0 Å². The third-order valence-corrected chi connectivity index (χ3v) is 3.60. The Balaban J connectivity index is 1.97. The number of nitrogens with one attached hydrogen (secondary N) is 1. The minimum absolute atomic E-state index is 0.102. The molecule has 0 aliphatic rings. The van der Waals surface area contributed by atoms with Gasteiger partial charge < -0.3 is 9.88 Å². The largest absolute Gasteiger partial charge is 0.320 e. The Morgan fingerprint density at radius 2 is 2.09 bits per heavy atom. The van der Waals surface area contributed by atoms with Gasteiger partial charge in [-0.3, -0.25) is 9.59 Å². The number of nitrogens with zero attached hydrogens (tertiary/aromatic N) is 4. The average Bonchev–Trinajstić information content (AvgIpc) is 2.93. The molecule has 3 heterocycles. The minimum Gasteiger partial charge on any atom is -0.320 e. The van der Waals surface area contributed by atoms with Crippen molar-refractivity contribution in [3.63, 3.8) is 0 Å². The maximum absolute atomic E-state index is 12.5. The van der Waals surface area contributed by atoms with E-state index in [9.17, 15) is 9.59 Å². The quantitative estimate of drug-likeness (QED) is 0.799. The van der Waals surface area contributed by atoms with Crippen LogP contribution in [0.4, 0.5) is 5.69 Å². The maximum atomic E-state index is 12.5. The molecule has 0 bridgehead atoms. The Bertz CT molecular complexity index is 955. The molecule has 118 valence electrons. The van der Waals surface area contributed by atoms with E-state index in [1.807, 2.05) is 26.8 Å². The fourth-order valence-electron chi connectivity index (χ4n) is 2.48. The Hall–Kier alpha value is -2.96. The molecule has 7 nitrogen and oxygen atoms in total. The fourth-order valence-corrected chi connectivity index (χ4v) is 2.48. The number of rotatable bonds is 3. The average molecular weight is 311 g/mol. The first-order chi connectivity index (χ1) is 11.0. The summed E-state index contributed by atoms with van der Waals surface area (Å²) < 4.78 is 3.16. The van der Waals surface area contributed by atoms with Gasteiger partial charge in [0.15, 0.2) is 5.65 Å². The highest BCUT2D eigenvalue weighted by Crippen LogP contribution is 2.14. The monoisotopic (exact) mass is 311 g/mol. The zero-order chi connectivity index (χ0) is 16.6. The van der Waals surface area contributed by atoms with Crippen molar-refractivity contribution in [2.24, 2.45) is 0 Å². The highest BCUT2D eigenvalue weighted by molar-refractivity contribution is 6.08. The first kappa shape index (κ1) is 15.0. The maximum Gasteiger partial charge on any atom is 0.261 e. The van der Waals surface area contributed by atoms with Crippen molar-refractivity contribution in [1.29, 1.82) is 0 Å². The van der Waals surface area contributed by atoms with Crippen LogP contribution in [0.25, 0.3) is 5.65 Å². The first-order valence-electron chi connectivity index (χ1n) is 7.33. The molecule has 3 rings (SSSR count). The molecule has 0 fully saturated rings. The second-order valence-corrected chi connectivity index (χ2v) is 5.33. The molecule has 0 saturated carbocycles. The lowest BCUT2D eigenvalue weighted by Gasteiger charge is -2.07. The zero-order valence-electron chi connectivity index (χ0n) is 13.2. The molecule has 3 aromatic rings. The van der Waals surface area contributed by atoms with E-state index in [0.717, 1.165) is 11.4 Å². The van der Waals surface area contributed by atoms with Crippen LogP contribution in [0, 0.1) is 13.8 Å². The third kappa shape index (κ3) is 2.73. The molecule has 0 atom stereocenters. The summed E-state index contributed by atoms with van der Waals surface area (Å²) in [5.74, 6) is -0.307. The lowest BCUT2D eigenvalue weighted by molar-refractivity contribution is 0.102. The second kappa shape index (κ2) is 5.68. The van der Waals surface area contributed by atoms with E-state index in [1.54, 1.807) is 16.8 Å². The topological polar surface area (TPSA) is 81.3 Å². The molecule has 7 heteroatoms. The predicted molar refractivity (Wildman–Crippen MR) is 86.8 cm³/mol. The van der Waals surface area contributed by atoms with Gasteiger partial charge in [-0.2, -0.15) is 5.10 Å². The summed E-state index contributed by atoms with van der Waals surface area (Å²) in [5, 5.41) is 6.99. The number of anilines is 1. The molecule has 0 unspecified atom stereocenters. The van der Waals surface area contributed by atoms with Crippen molar-refractivity contribution in [3.8, 4) is 0 Å². The summed E-state index contributed by atoms with van der Waals surface area (Å²) in [4.78, 5) is 28.5. The Morgan fingerprint density at radius 3 is 2.83 bits per heavy atom. The van der Waals surface area contributed by atoms with Gasteiger partial charge in [0.05, 0.1) is 11.9 Å². The number of hydrogen-bond donors (Lipinski definition) is 1. The molecule has 0 aliphatic carbocycles. The van der Waals surface area contributed by atoms with Gasteiger partial charge in [-0.05, 0) is 32.9 Å². The third-order valence-electron chi connectivity index (χ3n) is 3.60. The number of pyridine rings is 1. The highest BCUT2D eigenvalue weighted by Gasteiger charge is 2.16. The zero-order valence-corrected chi connectivity index (χ0v) is 13.2. The smallest absolute Gasteiger partial charge is 0.261 e. The van der Waals surface area contributed by atoms with Gasteiger partial charge in [-0.1, -0.05) is 0 Å². The van der Waals surface area contributed by atoms with Gasteiger partial charge in [0.25, 0.3) is 11.5 Å². The van der Waals surface area contributed by atoms with Crippen LogP contribution in [0.2, 0.25) is 0 Å². The molecule has 0 spiro atoms. The van der Waals surface area contributed by atoms with Gasteiger partial charge in [0, 0.05) is 30.2 Å². The van der Waals surface area contributed by atoms with Crippen LogP contribution in [0.3, 0.4) is 0 Å². The standard InChI is InChI=1S/C16H17N5O2/c1-4-20-9-12(5-6-14(20)22)19-16(23)13-8-17-21-11(3)7-10(2)18-15(13)21/h5-9H,4H2,1-3H3,(H,19,23). The minimum atomic E-state index is -0.307. The van der Waals surface area contributed by atoms with Gasteiger partial charge in [0.1, 0.15) is 5.56 Å². The number of aryl methyl sites for hydroxylation is 3. The van der Waals surface area contributed by atoms with Crippen molar-refractivity contribution in [3.05, 3.63) is 57.9 Å². The van der Waals surface area contributed by atoms with Crippen LogP contribution in [-0.2, 0) is 6.54 Å². The van der Waals surface area contributed by atoms with Crippen molar-refractivity contribution in [2.45, 2.75) is 27.3 Å². The lowest BCUT2D eigenvalue weighted by atomic mass is 10.3. The van der Waals surface area contributed by atoms with E-state index in [1.165, 1.54) is 16.8 Å². The van der Waals surface area contributed by atoms with Crippen LogP contribution in [-0.4, -0.2) is 25.1 Å². The molecule has 1 N–H and O–H groups in total. The SMILES string of the molecule is CCn1cc(NC(=O)c2cnn3c(C)cc(C)nc23)ccc1=O. The van der Waals surface area contributed by atoms with E-state index in [4.69, 9.17) is 0 Å². The van der Waals surface area contributed by atoms with E-state index in [0.29, 0.717) is 23.4 Å². The normalized spacial score (nSPS) is 10.9. The number of fused-ring (bicyclic) bond motifs is 1. The molecule has 0 aliphatic heterocycles. The molecule has 23 heavy (non-hydrogen) atoms. The van der Waals surface area contributed by atoms with Gasteiger partial charge in [-0.25, -0.2) is 9.50 Å². The molecule has 3 aromatic heterocycles. The molecule has 0 radical (unpaired) electrons. The van der Waals surface area contributed by atoms with Gasteiger partial charge >= 0.3 is 0 Å². The number of carbonyl (C=O) groups excluding carboxylic acids is 1. The Labute approximate surface area is 132 Å². The van der Waals surface area contributed by atoms with Crippen LogP contribution in [0.1, 0.15) is 28.7 Å². The summed E-state index contributed by atoms with van der Waals surface area (Å²) in [6, 6.07) is 4.92. The number of amides is 1. The van der Waals surface area contributed by atoms with Crippen molar-refractivity contribution >= 4 is 17.2 Å². The van der Waals surface area contributed by atoms with Crippen molar-refractivity contribution in [2.75, 3.05) is 5.32 Å². The predicted octanol–water partition coefficient (Wildman–Crippen LogP) is 1.78. The summed E-state index contributed by atoms with van der Waals surface area (Å²) in [6.07, 6.45) is 3.12. The molecular formula is C16H17N5O2. The molecule has 1 amide bonds. The molecule has 0 aromatic carbocycles. The van der Waals surface area contributed by atoms with Crippen molar-refractivity contribution < 1.29 is 4.79 Å². The van der Waals surface area contributed by atoms with E-state index in [-0.39, 0.29) is 11.5 Å².